The predicted octanol–water partition coefficient (Wildman–Crippen LogP) is 1.46. The summed E-state index contributed by atoms with van der Waals surface area (Å²) >= 11 is 0. The fourth-order valence-corrected chi connectivity index (χ4v) is 3.93. The van der Waals surface area contributed by atoms with Crippen molar-refractivity contribution in [2.24, 2.45) is 0 Å². The lowest BCUT2D eigenvalue weighted by Gasteiger charge is -2.33. The summed E-state index contributed by atoms with van der Waals surface area (Å²) in [5.74, 6) is 0.112. The first-order chi connectivity index (χ1) is 9.01. The molecule has 1 fully saturated rings. The smallest absolute Gasteiger partial charge is 0.218 e. The highest BCUT2D eigenvalue weighted by Crippen LogP contribution is 2.14. The van der Waals surface area contributed by atoms with E-state index in [0.29, 0.717) is 13.1 Å². The number of benzene rings is 1. The summed E-state index contributed by atoms with van der Waals surface area (Å²) in [5.41, 5.74) is 1.97. The van der Waals surface area contributed by atoms with Crippen molar-refractivity contribution in [1.29, 1.82) is 0 Å². The molecule has 0 saturated carbocycles. The third kappa shape index (κ3) is 3.78. The molecule has 4 nitrogen and oxygen atoms in total. The molecule has 1 heterocycles. The average molecular weight is 282 g/mol. The van der Waals surface area contributed by atoms with Gasteiger partial charge in [0.2, 0.25) is 10.0 Å². The van der Waals surface area contributed by atoms with Gasteiger partial charge in [-0.15, -0.1) is 0 Å². The maximum absolute atomic E-state index is 12.4. The molecule has 0 atom stereocenters. The first kappa shape index (κ1) is 14.5. The second-order valence-corrected chi connectivity index (χ2v) is 7.05. The van der Waals surface area contributed by atoms with Crippen molar-refractivity contribution in [3.63, 3.8) is 0 Å². The second-order valence-electron chi connectivity index (χ2n) is 5.08. The van der Waals surface area contributed by atoms with Gasteiger partial charge in [-0.25, -0.2) is 8.42 Å². The Morgan fingerprint density at radius 2 is 1.84 bits per heavy atom. The standard InChI is InChI=1S/C14H22N2O2S/c1-3-15-7-9-16(10-8-15)19(17,18)12-14-6-4-5-13(2)11-14/h4-6,11H,3,7-10,12H2,1-2H3. The Hall–Kier alpha value is -0.910. The molecule has 0 N–H and O–H groups in total. The maximum atomic E-state index is 12.4. The Bertz CT molecular complexity index is 520. The number of rotatable bonds is 4. The molecule has 0 amide bonds. The van der Waals surface area contributed by atoms with Gasteiger partial charge in [-0.1, -0.05) is 36.8 Å². The number of hydrogen-bond donors (Lipinski definition) is 0. The van der Waals surface area contributed by atoms with E-state index in [1.165, 1.54) is 0 Å². The summed E-state index contributed by atoms with van der Waals surface area (Å²) in [5, 5.41) is 0. The Morgan fingerprint density at radius 3 is 2.42 bits per heavy atom. The topological polar surface area (TPSA) is 40.6 Å². The number of aryl methyl sites for hydroxylation is 1. The van der Waals surface area contributed by atoms with E-state index in [9.17, 15) is 8.42 Å². The predicted molar refractivity (Wildman–Crippen MR) is 77.5 cm³/mol. The van der Waals surface area contributed by atoms with Gasteiger partial charge in [-0.2, -0.15) is 4.31 Å². The van der Waals surface area contributed by atoms with Gasteiger partial charge in [0.1, 0.15) is 0 Å². The van der Waals surface area contributed by atoms with Crippen molar-refractivity contribution in [3.8, 4) is 0 Å². The zero-order valence-corrected chi connectivity index (χ0v) is 12.5. The first-order valence-corrected chi connectivity index (χ1v) is 8.38. The van der Waals surface area contributed by atoms with E-state index in [1.54, 1.807) is 4.31 Å². The molecule has 19 heavy (non-hydrogen) atoms. The molecule has 106 valence electrons. The maximum Gasteiger partial charge on any atom is 0.218 e. The van der Waals surface area contributed by atoms with Crippen LogP contribution in [-0.2, 0) is 15.8 Å². The van der Waals surface area contributed by atoms with Crippen molar-refractivity contribution in [2.45, 2.75) is 19.6 Å². The highest BCUT2D eigenvalue weighted by molar-refractivity contribution is 7.88. The molecule has 5 heteroatoms. The molecular formula is C14H22N2O2S. The molecule has 1 aromatic carbocycles. The molecule has 1 saturated heterocycles. The number of likely N-dealkylation sites (N-methyl/N-ethyl adjacent to an activating group) is 1. The first-order valence-electron chi connectivity index (χ1n) is 6.77. The zero-order valence-electron chi connectivity index (χ0n) is 11.7. The Labute approximate surface area is 116 Å². The van der Waals surface area contributed by atoms with Crippen LogP contribution in [0, 0.1) is 6.92 Å². The largest absolute Gasteiger partial charge is 0.301 e. The molecule has 0 aliphatic carbocycles. The molecule has 0 bridgehead atoms. The van der Waals surface area contributed by atoms with Crippen LogP contribution in [0.25, 0.3) is 0 Å². The van der Waals surface area contributed by atoms with Crippen molar-refractivity contribution >= 4 is 10.0 Å². The Kier molecular flexibility index (Phi) is 4.60. The lowest BCUT2D eigenvalue weighted by atomic mass is 10.2. The van der Waals surface area contributed by atoms with Crippen LogP contribution in [0.1, 0.15) is 18.1 Å². The molecule has 0 unspecified atom stereocenters. The minimum Gasteiger partial charge on any atom is -0.301 e. The number of nitrogens with zero attached hydrogens (tertiary/aromatic N) is 2. The Balaban J connectivity index is 2.03. The fraction of sp³-hybridized carbons (Fsp3) is 0.571. The van der Waals surface area contributed by atoms with Crippen molar-refractivity contribution < 1.29 is 8.42 Å². The fourth-order valence-electron chi connectivity index (χ4n) is 2.43. The third-order valence-corrected chi connectivity index (χ3v) is 5.45. The van der Waals surface area contributed by atoms with Gasteiger partial charge in [0.05, 0.1) is 5.75 Å². The molecule has 0 radical (unpaired) electrons. The molecule has 1 aliphatic rings. The number of piperazine rings is 1. The summed E-state index contributed by atoms with van der Waals surface area (Å²) in [4.78, 5) is 2.28. The Morgan fingerprint density at radius 1 is 1.16 bits per heavy atom. The molecule has 1 aliphatic heterocycles. The summed E-state index contributed by atoms with van der Waals surface area (Å²) in [7, 11) is -3.18. The van der Waals surface area contributed by atoms with Crippen LogP contribution in [0.4, 0.5) is 0 Å². The lowest BCUT2D eigenvalue weighted by Crippen LogP contribution is -2.48. The van der Waals surface area contributed by atoms with E-state index in [-0.39, 0.29) is 5.75 Å². The van der Waals surface area contributed by atoms with E-state index in [1.807, 2.05) is 31.2 Å². The third-order valence-electron chi connectivity index (χ3n) is 3.60. The van der Waals surface area contributed by atoms with E-state index >= 15 is 0 Å². The minimum absolute atomic E-state index is 0.112. The van der Waals surface area contributed by atoms with Gasteiger partial charge in [0, 0.05) is 26.2 Å². The van der Waals surface area contributed by atoms with Crippen molar-refractivity contribution in [3.05, 3.63) is 35.4 Å². The summed E-state index contributed by atoms with van der Waals surface area (Å²) in [6.07, 6.45) is 0. The van der Waals surface area contributed by atoms with E-state index in [2.05, 4.69) is 11.8 Å². The quantitative estimate of drug-likeness (QED) is 0.839. The molecular weight excluding hydrogens is 260 g/mol. The number of hydrogen-bond acceptors (Lipinski definition) is 3. The van der Waals surface area contributed by atoms with Gasteiger partial charge in [0.25, 0.3) is 0 Å². The summed E-state index contributed by atoms with van der Waals surface area (Å²) in [6.45, 7) is 7.98. The van der Waals surface area contributed by atoms with Gasteiger partial charge < -0.3 is 4.90 Å². The lowest BCUT2D eigenvalue weighted by molar-refractivity contribution is 0.196. The highest BCUT2D eigenvalue weighted by Gasteiger charge is 2.26. The van der Waals surface area contributed by atoms with Crippen LogP contribution >= 0.6 is 0 Å². The van der Waals surface area contributed by atoms with Gasteiger partial charge >= 0.3 is 0 Å². The summed E-state index contributed by atoms with van der Waals surface area (Å²) in [6, 6.07) is 7.72. The monoisotopic (exact) mass is 282 g/mol. The zero-order chi connectivity index (χ0) is 13.9. The van der Waals surface area contributed by atoms with E-state index < -0.39 is 10.0 Å². The highest BCUT2D eigenvalue weighted by atomic mass is 32.2. The van der Waals surface area contributed by atoms with Gasteiger partial charge in [-0.3, -0.25) is 0 Å². The van der Waals surface area contributed by atoms with Crippen LogP contribution in [0.3, 0.4) is 0 Å². The number of sulfonamides is 1. The van der Waals surface area contributed by atoms with Crippen LogP contribution < -0.4 is 0 Å². The molecule has 1 aromatic rings. The van der Waals surface area contributed by atoms with Crippen molar-refractivity contribution in [2.75, 3.05) is 32.7 Å². The average Bonchev–Trinajstić information content (AvgIpc) is 2.38. The minimum atomic E-state index is -3.18. The molecule has 2 rings (SSSR count). The normalized spacial score (nSPS) is 18.6. The molecule has 0 spiro atoms. The van der Waals surface area contributed by atoms with Crippen LogP contribution in [0.2, 0.25) is 0 Å². The summed E-state index contributed by atoms with van der Waals surface area (Å²) < 4.78 is 26.4. The molecule has 0 aromatic heterocycles. The van der Waals surface area contributed by atoms with Crippen LogP contribution in [0.5, 0.6) is 0 Å². The van der Waals surface area contributed by atoms with E-state index in [4.69, 9.17) is 0 Å². The second kappa shape index (κ2) is 6.03. The van der Waals surface area contributed by atoms with Crippen LogP contribution in [-0.4, -0.2) is 50.3 Å². The van der Waals surface area contributed by atoms with E-state index in [0.717, 1.165) is 30.8 Å². The van der Waals surface area contributed by atoms with Crippen LogP contribution in [0.15, 0.2) is 24.3 Å². The van der Waals surface area contributed by atoms with Crippen molar-refractivity contribution in [1.82, 2.24) is 9.21 Å². The SMILES string of the molecule is CCN1CCN(S(=O)(=O)Cc2cccc(C)c2)CC1. The van der Waals surface area contributed by atoms with Gasteiger partial charge in [0.15, 0.2) is 0 Å². The van der Waals surface area contributed by atoms with Gasteiger partial charge in [-0.05, 0) is 19.0 Å².